The molecule has 0 amide bonds. The lowest BCUT2D eigenvalue weighted by molar-refractivity contribution is 0.292. The largest absolute Gasteiger partial charge is 0.357 e. The Kier molecular flexibility index (Phi) is 14.7. The second kappa shape index (κ2) is 15.2. The first-order valence-electron chi connectivity index (χ1n) is 9.65. The van der Waals surface area contributed by atoms with Gasteiger partial charge in [0.1, 0.15) is 0 Å². The lowest BCUT2D eigenvalue weighted by Gasteiger charge is -2.21. The van der Waals surface area contributed by atoms with Gasteiger partial charge in [-0.2, -0.15) is 4.98 Å². The number of hydrogen-bond acceptors (Lipinski definition) is 5. The van der Waals surface area contributed by atoms with Crippen LogP contribution in [0.1, 0.15) is 58.7 Å². The molecule has 0 bridgehead atoms. The third kappa shape index (κ3) is 10.9. The molecular formula is C18H37IN6O. The fraction of sp³-hybridized carbons (Fsp3) is 0.833. The van der Waals surface area contributed by atoms with Gasteiger partial charge in [-0.05, 0) is 59.7 Å². The van der Waals surface area contributed by atoms with E-state index >= 15 is 0 Å². The molecule has 1 rings (SSSR count). The number of aromatic nitrogens is 2. The lowest BCUT2D eigenvalue weighted by atomic mass is 10.2. The van der Waals surface area contributed by atoms with E-state index in [1.165, 1.54) is 6.42 Å². The first-order valence-corrected chi connectivity index (χ1v) is 9.65. The van der Waals surface area contributed by atoms with E-state index in [4.69, 9.17) is 4.52 Å². The molecule has 2 N–H and O–H groups in total. The second-order valence-electron chi connectivity index (χ2n) is 6.31. The van der Waals surface area contributed by atoms with Crippen LogP contribution in [0.4, 0.5) is 0 Å². The van der Waals surface area contributed by atoms with E-state index in [9.17, 15) is 0 Å². The normalized spacial score (nSPS) is 12.8. The first-order chi connectivity index (χ1) is 12.1. The Bertz CT molecular complexity index is 490. The zero-order chi connectivity index (χ0) is 18.5. The monoisotopic (exact) mass is 480 g/mol. The first kappa shape index (κ1) is 25.1. The van der Waals surface area contributed by atoms with Gasteiger partial charge in [0, 0.05) is 25.6 Å². The van der Waals surface area contributed by atoms with Crippen LogP contribution in [0.3, 0.4) is 0 Å². The summed E-state index contributed by atoms with van der Waals surface area (Å²) in [5, 5.41) is 10.6. The quantitative estimate of drug-likeness (QED) is 0.207. The molecule has 8 heteroatoms. The third-order valence-corrected chi connectivity index (χ3v) is 4.12. The van der Waals surface area contributed by atoms with Crippen LogP contribution in [0.15, 0.2) is 9.52 Å². The lowest BCUT2D eigenvalue weighted by Crippen LogP contribution is -2.42. The van der Waals surface area contributed by atoms with Crippen LogP contribution in [0.25, 0.3) is 0 Å². The van der Waals surface area contributed by atoms with Gasteiger partial charge in [0.25, 0.3) is 0 Å². The standard InChI is InChI=1S/C18H36N6O.HI/c1-6-19-18(20-13-9-12-17-22-16(5)23-25-17)21-15(4)11-10-14-24(7-2)8-3;/h15H,6-14H2,1-5H3,(H2,19,20,21);1H. The number of aliphatic imine (C=N–C) groups is 1. The van der Waals surface area contributed by atoms with Crippen LogP contribution in [0.5, 0.6) is 0 Å². The van der Waals surface area contributed by atoms with Gasteiger partial charge in [-0.1, -0.05) is 19.0 Å². The van der Waals surface area contributed by atoms with Gasteiger partial charge in [-0.3, -0.25) is 4.99 Å². The molecular weight excluding hydrogens is 443 g/mol. The number of nitrogens with one attached hydrogen (secondary N) is 2. The molecule has 0 radical (unpaired) electrons. The van der Waals surface area contributed by atoms with Crippen molar-refractivity contribution >= 4 is 29.9 Å². The third-order valence-electron chi connectivity index (χ3n) is 4.12. The molecule has 0 aliphatic carbocycles. The van der Waals surface area contributed by atoms with Crippen molar-refractivity contribution in [1.29, 1.82) is 0 Å². The maximum atomic E-state index is 5.12. The average Bonchev–Trinajstić information content (AvgIpc) is 3.01. The van der Waals surface area contributed by atoms with E-state index in [2.05, 4.69) is 58.4 Å². The molecule has 152 valence electrons. The predicted molar refractivity (Wildman–Crippen MR) is 118 cm³/mol. The maximum absolute atomic E-state index is 5.12. The Hall–Kier alpha value is -0.900. The molecule has 0 saturated carbocycles. The van der Waals surface area contributed by atoms with E-state index in [0.29, 0.717) is 17.8 Å². The van der Waals surface area contributed by atoms with Crippen LogP contribution >= 0.6 is 24.0 Å². The Morgan fingerprint density at radius 2 is 1.96 bits per heavy atom. The van der Waals surface area contributed by atoms with Crippen molar-refractivity contribution in [3.63, 3.8) is 0 Å². The highest BCUT2D eigenvalue weighted by Gasteiger charge is 2.07. The average molecular weight is 480 g/mol. The topological polar surface area (TPSA) is 78.6 Å². The minimum absolute atomic E-state index is 0. The molecule has 1 aromatic heterocycles. The molecule has 1 heterocycles. The van der Waals surface area contributed by atoms with Gasteiger partial charge in [0.05, 0.1) is 0 Å². The van der Waals surface area contributed by atoms with Crippen molar-refractivity contribution in [2.75, 3.05) is 32.7 Å². The number of hydrogen-bond donors (Lipinski definition) is 2. The van der Waals surface area contributed by atoms with E-state index < -0.39 is 0 Å². The fourth-order valence-corrected chi connectivity index (χ4v) is 2.65. The van der Waals surface area contributed by atoms with Crippen LogP contribution in [0, 0.1) is 6.92 Å². The molecule has 0 saturated heterocycles. The summed E-state index contributed by atoms with van der Waals surface area (Å²) in [5.74, 6) is 2.27. The smallest absolute Gasteiger partial charge is 0.226 e. The SMILES string of the molecule is CCNC(=NCCCc1nc(C)no1)NC(C)CCCN(CC)CC.I. The number of rotatable bonds is 12. The van der Waals surface area contributed by atoms with Crippen LogP contribution in [-0.4, -0.2) is 59.8 Å². The fourth-order valence-electron chi connectivity index (χ4n) is 2.65. The summed E-state index contributed by atoms with van der Waals surface area (Å²) in [6.07, 6.45) is 4.01. The summed E-state index contributed by atoms with van der Waals surface area (Å²) in [7, 11) is 0. The van der Waals surface area contributed by atoms with E-state index in [-0.39, 0.29) is 24.0 Å². The number of guanidine groups is 1. The van der Waals surface area contributed by atoms with E-state index in [0.717, 1.165) is 57.9 Å². The molecule has 0 aromatic carbocycles. The predicted octanol–water partition coefficient (Wildman–Crippen LogP) is 2.99. The summed E-state index contributed by atoms with van der Waals surface area (Å²) in [5.41, 5.74) is 0. The number of halogens is 1. The Balaban J connectivity index is 0.00000625. The number of nitrogens with zero attached hydrogens (tertiary/aromatic N) is 4. The highest BCUT2D eigenvalue weighted by Crippen LogP contribution is 2.01. The summed E-state index contributed by atoms with van der Waals surface area (Å²) < 4.78 is 5.12. The van der Waals surface area contributed by atoms with Crippen LogP contribution < -0.4 is 10.6 Å². The molecule has 1 atom stereocenters. The second-order valence-corrected chi connectivity index (χ2v) is 6.31. The Morgan fingerprint density at radius 1 is 1.23 bits per heavy atom. The Morgan fingerprint density at radius 3 is 2.54 bits per heavy atom. The highest BCUT2D eigenvalue weighted by molar-refractivity contribution is 14.0. The van der Waals surface area contributed by atoms with Crippen molar-refractivity contribution < 1.29 is 4.52 Å². The van der Waals surface area contributed by atoms with Crippen molar-refractivity contribution in [1.82, 2.24) is 25.7 Å². The molecule has 0 aliphatic rings. The van der Waals surface area contributed by atoms with E-state index in [1.54, 1.807) is 0 Å². The molecule has 7 nitrogen and oxygen atoms in total. The van der Waals surface area contributed by atoms with Crippen molar-refractivity contribution in [2.45, 2.75) is 66.3 Å². The van der Waals surface area contributed by atoms with Gasteiger partial charge in [0.2, 0.25) is 5.89 Å². The van der Waals surface area contributed by atoms with Crippen molar-refractivity contribution in [2.24, 2.45) is 4.99 Å². The van der Waals surface area contributed by atoms with Gasteiger partial charge in [-0.25, -0.2) is 0 Å². The van der Waals surface area contributed by atoms with Crippen molar-refractivity contribution in [3.05, 3.63) is 11.7 Å². The molecule has 0 spiro atoms. The van der Waals surface area contributed by atoms with Crippen LogP contribution in [-0.2, 0) is 6.42 Å². The van der Waals surface area contributed by atoms with Gasteiger partial charge in [0.15, 0.2) is 11.8 Å². The molecule has 26 heavy (non-hydrogen) atoms. The number of aryl methyl sites for hydroxylation is 2. The highest BCUT2D eigenvalue weighted by atomic mass is 127. The zero-order valence-corrected chi connectivity index (χ0v) is 19.4. The summed E-state index contributed by atoms with van der Waals surface area (Å²) in [6.45, 7) is 15.6. The van der Waals surface area contributed by atoms with Gasteiger partial charge in [-0.15, -0.1) is 24.0 Å². The summed E-state index contributed by atoms with van der Waals surface area (Å²) in [4.78, 5) is 11.3. The Labute approximate surface area is 175 Å². The molecule has 1 aromatic rings. The zero-order valence-electron chi connectivity index (χ0n) is 17.0. The summed E-state index contributed by atoms with van der Waals surface area (Å²) >= 11 is 0. The minimum Gasteiger partial charge on any atom is -0.357 e. The summed E-state index contributed by atoms with van der Waals surface area (Å²) in [6, 6.07) is 0.409. The molecule has 0 aliphatic heterocycles. The van der Waals surface area contributed by atoms with Gasteiger partial charge >= 0.3 is 0 Å². The van der Waals surface area contributed by atoms with Crippen LogP contribution in [0.2, 0.25) is 0 Å². The minimum atomic E-state index is 0. The van der Waals surface area contributed by atoms with Crippen molar-refractivity contribution in [3.8, 4) is 0 Å². The van der Waals surface area contributed by atoms with E-state index in [1.807, 2.05) is 6.92 Å². The molecule has 0 fully saturated rings. The maximum Gasteiger partial charge on any atom is 0.226 e. The van der Waals surface area contributed by atoms with Gasteiger partial charge < -0.3 is 20.1 Å². The molecule has 1 unspecified atom stereocenters.